The number of halogens is 1. The van der Waals surface area contributed by atoms with Gasteiger partial charge in [0.05, 0.1) is 12.1 Å². The van der Waals surface area contributed by atoms with Crippen LogP contribution < -0.4 is 10.6 Å². The van der Waals surface area contributed by atoms with E-state index < -0.39 is 6.10 Å². The molecular weight excluding hydrogens is 276 g/mol. The van der Waals surface area contributed by atoms with Crippen molar-refractivity contribution in [3.8, 4) is 0 Å². The van der Waals surface area contributed by atoms with Gasteiger partial charge in [-0.15, -0.1) is 0 Å². The highest BCUT2D eigenvalue weighted by atomic mass is 35.5. The van der Waals surface area contributed by atoms with E-state index in [2.05, 4.69) is 17.6 Å². The van der Waals surface area contributed by atoms with Crippen LogP contribution in [0.4, 0.5) is 4.79 Å². The van der Waals surface area contributed by atoms with Gasteiger partial charge in [-0.2, -0.15) is 0 Å². The van der Waals surface area contributed by atoms with Crippen LogP contribution in [0.3, 0.4) is 0 Å². The summed E-state index contributed by atoms with van der Waals surface area (Å²) in [6.45, 7) is 4.07. The van der Waals surface area contributed by atoms with Crippen LogP contribution in [0.15, 0.2) is 24.3 Å². The number of hydrogen-bond acceptors (Lipinski definition) is 2. The molecule has 4 atom stereocenters. The lowest BCUT2D eigenvalue weighted by molar-refractivity contribution is 0.186. The summed E-state index contributed by atoms with van der Waals surface area (Å²) < 4.78 is 0. The van der Waals surface area contributed by atoms with E-state index in [0.29, 0.717) is 16.9 Å². The third kappa shape index (κ3) is 4.12. The second-order valence-corrected chi connectivity index (χ2v) is 6.05. The molecule has 0 unspecified atom stereocenters. The van der Waals surface area contributed by atoms with Crippen molar-refractivity contribution in [1.29, 1.82) is 0 Å². The highest BCUT2D eigenvalue weighted by molar-refractivity contribution is 6.30. The van der Waals surface area contributed by atoms with Crippen LogP contribution in [-0.4, -0.2) is 23.8 Å². The van der Waals surface area contributed by atoms with Crippen LogP contribution in [0.25, 0.3) is 0 Å². The van der Waals surface area contributed by atoms with Gasteiger partial charge >= 0.3 is 6.03 Å². The molecule has 1 aromatic carbocycles. The van der Waals surface area contributed by atoms with Crippen molar-refractivity contribution in [3.05, 3.63) is 34.9 Å². The number of hydrogen-bond donors (Lipinski definition) is 3. The molecule has 0 bridgehead atoms. The number of aliphatic hydroxyl groups is 1. The number of urea groups is 1. The fraction of sp³-hybridized carbons (Fsp3) is 0.533. The van der Waals surface area contributed by atoms with Crippen LogP contribution in [0.1, 0.15) is 31.9 Å². The minimum Gasteiger partial charge on any atom is -0.392 e. The lowest BCUT2D eigenvalue weighted by atomic mass is 10.0. The predicted molar refractivity (Wildman–Crippen MR) is 79.7 cm³/mol. The van der Waals surface area contributed by atoms with Crippen molar-refractivity contribution in [1.82, 2.24) is 10.6 Å². The van der Waals surface area contributed by atoms with Gasteiger partial charge in [-0.1, -0.05) is 30.7 Å². The average Bonchev–Trinajstić information content (AvgIpc) is 3.11. The number of amides is 2. The molecule has 1 fully saturated rings. The zero-order valence-electron chi connectivity index (χ0n) is 11.8. The van der Waals surface area contributed by atoms with Gasteiger partial charge in [0.25, 0.3) is 0 Å². The highest BCUT2D eigenvalue weighted by Crippen LogP contribution is 2.47. The van der Waals surface area contributed by atoms with E-state index in [1.165, 1.54) is 0 Å². The van der Waals surface area contributed by atoms with Crippen LogP contribution in [0.2, 0.25) is 5.02 Å². The molecule has 0 spiro atoms. The highest BCUT2D eigenvalue weighted by Gasteiger charge is 2.40. The quantitative estimate of drug-likeness (QED) is 0.782. The molecule has 3 N–H and O–H groups in total. The normalized spacial score (nSPS) is 23.8. The van der Waals surface area contributed by atoms with Crippen molar-refractivity contribution >= 4 is 17.6 Å². The lowest BCUT2D eigenvalue weighted by Crippen LogP contribution is -2.41. The van der Waals surface area contributed by atoms with Crippen molar-refractivity contribution in [2.45, 2.75) is 32.4 Å². The molecule has 1 aliphatic rings. The summed E-state index contributed by atoms with van der Waals surface area (Å²) >= 11 is 5.90. The number of nitrogens with one attached hydrogen (secondary N) is 2. The van der Waals surface area contributed by atoms with E-state index >= 15 is 0 Å². The first-order valence-corrected chi connectivity index (χ1v) is 7.33. The summed E-state index contributed by atoms with van der Waals surface area (Å²) in [5.41, 5.74) is 1.07. The zero-order chi connectivity index (χ0) is 14.7. The van der Waals surface area contributed by atoms with Gasteiger partial charge in [0.2, 0.25) is 0 Å². The Kier molecular flexibility index (Phi) is 4.89. The number of carbonyl (C=O) groups excluding carboxylic acids is 1. The topological polar surface area (TPSA) is 61.4 Å². The number of benzene rings is 1. The lowest BCUT2D eigenvalue weighted by Gasteiger charge is -2.20. The van der Waals surface area contributed by atoms with Crippen LogP contribution in [-0.2, 0) is 0 Å². The summed E-state index contributed by atoms with van der Waals surface area (Å²) in [5, 5.41) is 15.5. The summed E-state index contributed by atoms with van der Waals surface area (Å²) in [7, 11) is 0. The van der Waals surface area contributed by atoms with Crippen molar-refractivity contribution in [2.24, 2.45) is 11.8 Å². The molecule has 5 heteroatoms. The van der Waals surface area contributed by atoms with E-state index in [4.69, 9.17) is 11.6 Å². The standard InChI is InChI=1S/C15H21ClN2O2/c1-9-7-13(9)14(11-3-5-12(16)6-4-11)18-15(20)17-8-10(2)19/h3-6,9-10,13-14,19H,7-8H2,1-2H3,(H2,17,18,20)/t9-,10-,13+,14-/m1/s1. The van der Waals surface area contributed by atoms with Crippen LogP contribution in [0.5, 0.6) is 0 Å². The van der Waals surface area contributed by atoms with Gasteiger partial charge in [0, 0.05) is 11.6 Å². The van der Waals surface area contributed by atoms with E-state index in [1.807, 2.05) is 24.3 Å². The molecule has 1 saturated carbocycles. The van der Waals surface area contributed by atoms with Crippen LogP contribution >= 0.6 is 11.6 Å². The summed E-state index contributed by atoms with van der Waals surface area (Å²) in [5.74, 6) is 1.08. The first-order valence-electron chi connectivity index (χ1n) is 6.95. The Hall–Kier alpha value is -1.26. The van der Waals surface area contributed by atoms with E-state index in [0.717, 1.165) is 12.0 Å². The fourth-order valence-corrected chi connectivity index (χ4v) is 2.48. The first-order chi connectivity index (χ1) is 9.47. The minimum absolute atomic E-state index is 0.00346. The second-order valence-electron chi connectivity index (χ2n) is 5.61. The smallest absolute Gasteiger partial charge is 0.315 e. The first kappa shape index (κ1) is 15.1. The maximum atomic E-state index is 11.9. The molecule has 20 heavy (non-hydrogen) atoms. The largest absolute Gasteiger partial charge is 0.392 e. The van der Waals surface area contributed by atoms with Gasteiger partial charge in [0.15, 0.2) is 0 Å². The third-order valence-electron chi connectivity index (χ3n) is 3.67. The van der Waals surface area contributed by atoms with Gasteiger partial charge in [-0.3, -0.25) is 0 Å². The van der Waals surface area contributed by atoms with Gasteiger partial charge in [-0.25, -0.2) is 4.79 Å². The predicted octanol–water partition coefficient (Wildman–Crippen LogP) is 2.72. The van der Waals surface area contributed by atoms with Gasteiger partial charge in [-0.05, 0) is 42.9 Å². The fourth-order valence-electron chi connectivity index (χ4n) is 2.36. The molecule has 4 nitrogen and oxygen atoms in total. The molecule has 0 aliphatic heterocycles. The van der Waals surface area contributed by atoms with Crippen molar-refractivity contribution < 1.29 is 9.90 Å². The molecule has 1 aromatic rings. The van der Waals surface area contributed by atoms with Crippen LogP contribution in [0, 0.1) is 11.8 Å². The third-order valence-corrected chi connectivity index (χ3v) is 3.93. The zero-order valence-corrected chi connectivity index (χ0v) is 12.5. The summed E-state index contributed by atoms with van der Waals surface area (Å²) in [4.78, 5) is 11.9. The van der Waals surface area contributed by atoms with Crippen molar-refractivity contribution in [3.63, 3.8) is 0 Å². The minimum atomic E-state index is -0.547. The Morgan fingerprint density at radius 2 is 2.05 bits per heavy atom. The molecule has 0 radical (unpaired) electrons. The molecule has 2 rings (SSSR count). The maximum absolute atomic E-state index is 11.9. The Labute approximate surface area is 124 Å². The Balaban J connectivity index is 2.01. The number of rotatable bonds is 5. The number of carbonyl (C=O) groups is 1. The SMILES string of the molecule is C[C@@H]1C[C@@H]1[C@H](NC(=O)NC[C@@H](C)O)c1ccc(Cl)cc1. The maximum Gasteiger partial charge on any atom is 0.315 e. The molecule has 0 heterocycles. The Morgan fingerprint density at radius 1 is 1.45 bits per heavy atom. The number of aliphatic hydroxyl groups excluding tert-OH is 1. The molecule has 0 aromatic heterocycles. The molecule has 110 valence electrons. The summed E-state index contributed by atoms with van der Waals surface area (Å²) in [6.07, 6.45) is 0.568. The Morgan fingerprint density at radius 3 is 2.55 bits per heavy atom. The molecule has 2 amide bonds. The van der Waals surface area contributed by atoms with E-state index in [9.17, 15) is 9.90 Å². The molecule has 0 saturated heterocycles. The summed E-state index contributed by atoms with van der Waals surface area (Å²) in [6, 6.07) is 7.33. The Bertz CT molecular complexity index is 461. The van der Waals surface area contributed by atoms with E-state index in [-0.39, 0.29) is 18.6 Å². The average molecular weight is 297 g/mol. The monoisotopic (exact) mass is 296 g/mol. The second kappa shape index (κ2) is 6.46. The molecular formula is C15H21ClN2O2. The van der Waals surface area contributed by atoms with Gasteiger partial charge < -0.3 is 15.7 Å². The van der Waals surface area contributed by atoms with Crippen molar-refractivity contribution in [2.75, 3.05) is 6.54 Å². The molecule has 1 aliphatic carbocycles. The van der Waals surface area contributed by atoms with E-state index in [1.54, 1.807) is 6.92 Å². The van der Waals surface area contributed by atoms with Gasteiger partial charge in [0.1, 0.15) is 0 Å².